The normalized spacial score (nSPS) is 21.9. The van der Waals surface area contributed by atoms with Crippen molar-refractivity contribution in [1.82, 2.24) is 28.6 Å². The average Bonchev–Trinajstić information content (AvgIpc) is 3.28. The van der Waals surface area contributed by atoms with Crippen LogP contribution in [-0.2, 0) is 28.1 Å². The number of rotatable bonds is 7. The van der Waals surface area contributed by atoms with Crippen LogP contribution in [0, 0.1) is 6.92 Å². The number of carbonyl (C=O) groups is 1. The molecule has 1 aliphatic heterocycles. The van der Waals surface area contributed by atoms with Crippen molar-refractivity contribution in [2.75, 3.05) is 12.4 Å². The van der Waals surface area contributed by atoms with Crippen LogP contribution in [-0.4, -0.2) is 51.3 Å². The highest BCUT2D eigenvalue weighted by Gasteiger charge is 2.41. The van der Waals surface area contributed by atoms with Crippen LogP contribution < -0.4 is 10.0 Å². The van der Waals surface area contributed by atoms with Crippen LogP contribution in [0.3, 0.4) is 0 Å². The molecule has 1 fully saturated rings. The maximum Gasteiger partial charge on any atom is 0.280 e. The van der Waals surface area contributed by atoms with E-state index in [0.29, 0.717) is 18.7 Å². The topological polar surface area (TPSA) is 114 Å². The standard InChI is InChI=1S/C18H29N7O3S/c1-5-7-8-25-11-14(10-19-25)20-18(26)17-9-16(22-29(27,28)23(17)4)15-12-24(6-2)21-13(15)3/h10-12,16-17,22H,5-9H2,1-4H3,(H,20,26)/t16-,17+/m1/s1. The molecule has 3 rings (SSSR count). The molecule has 0 spiro atoms. The van der Waals surface area contributed by atoms with Crippen molar-refractivity contribution in [3.63, 3.8) is 0 Å². The van der Waals surface area contributed by atoms with E-state index in [4.69, 9.17) is 0 Å². The highest BCUT2D eigenvalue weighted by atomic mass is 32.2. The molecule has 0 radical (unpaired) electrons. The van der Waals surface area contributed by atoms with Crippen LogP contribution in [0.15, 0.2) is 18.6 Å². The van der Waals surface area contributed by atoms with Crippen molar-refractivity contribution in [3.05, 3.63) is 29.8 Å². The van der Waals surface area contributed by atoms with Gasteiger partial charge in [0.1, 0.15) is 6.04 Å². The molecular formula is C18H29N7O3S. The fourth-order valence-electron chi connectivity index (χ4n) is 3.45. The van der Waals surface area contributed by atoms with Gasteiger partial charge in [0.25, 0.3) is 10.2 Å². The molecule has 2 aromatic rings. The summed E-state index contributed by atoms with van der Waals surface area (Å²) in [5, 5.41) is 11.4. The number of aromatic nitrogens is 4. The molecule has 0 unspecified atom stereocenters. The minimum absolute atomic E-state index is 0.307. The minimum atomic E-state index is -3.80. The van der Waals surface area contributed by atoms with E-state index >= 15 is 0 Å². The fraction of sp³-hybridized carbons (Fsp3) is 0.611. The molecule has 3 heterocycles. The first-order valence-electron chi connectivity index (χ1n) is 9.87. The van der Waals surface area contributed by atoms with Crippen LogP contribution >= 0.6 is 0 Å². The van der Waals surface area contributed by atoms with E-state index < -0.39 is 22.3 Å². The number of likely N-dealkylation sites (N-methyl/N-ethyl adjacent to an activating group) is 1. The highest BCUT2D eigenvalue weighted by Crippen LogP contribution is 2.30. The van der Waals surface area contributed by atoms with Gasteiger partial charge in [-0.1, -0.05) is 13.3 Å². The number of nitrogens with zero attached hydrogens (tertiary/aromatic N) is 5. The van der Waals surface area contributed by atoms with Crippen molar-refractivity contribution in [1.29, 1.82) is 0 Å². The van der Waals surface area contributed by atoms with Gasteiger partial charge in [-0.2, -0.15) is 27.6 Å². The van der Waals surface area contributed by atoms with E-state index in [9.17, 15) is 13.2 Å². The molecule has 2 aromatic heterocycles. The molecule has 0 saturated carbocycles. The Morgan fingerprint density at radius 3 is 2.72 bits per heavy atom. The van der Waals surface area contributed by atoms with Crippen LogP contribution in [0.1, 0.15) is 50.4 Å². The monoisotopic (exact) mass is 423 g/mol. The summed E-state index contributed by atoms with van der Waals surface area (Å²) in [5.74, 6) is -0.377. The molecule has 2 atom stereocenters. The second-order valence-corrected chi connectivity index (χ2v) is 9.07. The molecule has 0 aromatic carbocycles. The van der Waals surface area contributed by atoms with E-state index in [0.717, 1.165) is 34.9 Å². The summed E-state index contributed by atoms with van der Waals surface area (Å²) in [4.78, 5) is 12.9. The zero-order valence-corrected chi connectivity index (χ0v) is 18.1. The van der Waals surface area contributed by atoms with Crippen molar-refractivity contribution in [2.45, 2.75) is 65.2 Å². The number of carbonyl (C=O) groups excluding carboxylic acids is 1. The molecule has 1 amide bonds. The van der Waals surface area contributed by atoms with E-state index in [1.54, 1.807) is 21.8 Å². The number of unbranched alkanes of at least 4 members (excludes halogenated alkanes) is 1. The number of anilines is 1. The second-order valence-electron chi connectivity index (χ2n) is 7.30. The molecule has 0 aliphatic carbocycles. The number of aryl methyl sites for hydroxylation is 3. The molecule has 10 nitrogen and oxygen atoms in total. The Labute approximate surface area is 171 Å². The highest BCUT2D eigenvalue weighted by molar-refractivity contribution is 7.87. The van der Waals surface area contributed by atoms with Crippen LogP contribution in [0.25, 0.3) is 0 Å². The number of hydrogen-bond donors (Lipinski definition) is 2. The zero-order valence-electron chi connectivity index (χ0n) is 17.3. The Kier molecular flexibility index (Phi) is 6.39. The van der Waals surface area contributed by atoms with Crippen molar-refractivity contribution >= 4 is 21.8 Å². The molecular weight excluding hydrogens is 394 g/mol. The van der Waals surface area contributed by atoms with Crippen LogP contribution in [0.4, 0.5) is 5.69 Å². The molecule has 1 saturated heterocycles. The van der Waals surface area contributed by atoms with E-state index in [1.807, 2.05) is 20.0 Å². The lowest BCUT2D eigenvalue weighted by Crippen LogP contribution is -2.56. The van der Waals surface area contributed by atoms with Gasteiger partial charge < -0.3 is 5.32 Å². The SMILES string of the molecule is CCCCn1cc(NC(=O)[C@@H]2C[C@H](c3cn(CC)nc3C)NS(=O)(=O)N2C)cn1. The summed E-state index contributed by atoms with van der Waals surface area (Å²) in [5.41, 5.74) is 2.09. The first kappa shape index (κ1) is 21.5. The summed E-state index contributed by atoms with van der Waals surface area (Å²) in [7, 11) is -2.39. The van der Waals surface area contributed by atoms with E-state index in [-0.39, 0.29) is 5.91 Å². The molecule has 11 heteroatoms. The van der Waals surface area contributed by atoms with Gasteiger partial charge in [-0.3, -0.25) is 14.2 Å². The lowest BCUT2D eigenvalue weighted by Gasteiger charge is -2.35. The van der Waals surface area contributed by atoms with E-state index in [2.05, 4.69) is 27.2 Å². The zero-order chi connectivity index (χ0) is 21.2. The molecule has 1 aliphatic rings. The second kappa shape index (κ2) is 8.64. The van der Waals surface area contributed by atoms with Crippen LogP contribution in [0.5, 0.6) is 0 Å². The van der Waals surface area contributed by atoms with Gasteiger partial charge in [0.15, 0.2) is 0 Å². The maximum absolute atomic E-state index is 12.9. The third-order valence-corrected chi connectivity index (χ3v) is 6.79. The largest absolute Gasteiger partial charge is 0.322 e. The first-order valence-corrected chi connectivity index (χ1v) is 11.3. The summed E-state index contributed by atoms with van der Waals surface area (Å²) >= 11 is 0. The van der Waals surface area contributed by atoms with Gasteiger partial charge in [-0.25, -0.2) is 0 Å². The van der Waals surface area contributed by atoms with Gasteiger partial charge >= 0.3 is 0 Å². The third kappa shape index (κ3) is 4.68. The predicted octanol–water partition coefficient (Wildman–Crippen LogP) is 1.43. The third-order valence-electron chi connectivity index (χ3n) is 5.20. The average molecular weight is 424 g/mol. The van der Waals surface area contributed by atoms with Crippen molar-refractivity contribution in [2.24, 2.45) is 0 Å². The van der Waals surface area contributed by atoms with Crippen LogP contribution in [0.2, 0.25) is 0 Å². The predicted molar refractivity (Wildman–Crippen MR) is 109 cm³/mol. The first-order chi connectivity index (χ1) is 13.7. The minimum Gasteiger partial charge on any atom is -0.322 e. The Morgan fingerprint density at radius 1 is 1.31 bits per heavy atom. The van der Waals surface area contributed by atoms with Gasteiger partial charge in [-0.05, 0) is 26.7 Å². The smallest absolute Gasteiger partial charge is 0.280 e. The Bertz CT molecular complexity index is 966. The summed E-state index contributed by atoms with van der Waals surface area (Å²) < 4.78 is 32.5. The lowest BCUT2D eigenvalue weighted by atomic mass is 10.00. The van der Waals surface area contributed by atoms with Gasteiger partial charge in [0.05, 0.1) is 23.6 Å². The Balaban J connectivity index is 1.78. The molecule has 0 bridgehead atoms. The van der Waals surface area contributed by atoms with Gasteiger partial charge in [0, 0.05) is 38.1 Å². The Morgan fingerprint density at radius 2 is 2.07 bits per heavy atom. The number of hydrogen-bond acceptors (Lipinski definition) is 5. The number of nitrogens with one attached hydrogen (secondary N) is 2. The maximum atomic E-state index is 12.9. The van der Waals surface area contributed by atoms with Crippen molar-refractivity contribution < 1.29 is 13.2 Å². The van der Waals surface area contributed by atoms with E-state index in [1.165, 1.54) is 7.05 Å². The Hall–Kier alpha value is -2.24. The summed E-state index contributed by atoms with van der Waals surface area (Å²) in [6, 6.07) is -1.35. The summed E-state index contributed by atoms with van der Waals surface area (Å²) in [6.07, 6.45) is 7.53. The van der Waals surface area contributed by atoms with Gasteiger partial charge in [0.2, 0.25) is 5.91 Å². The van der Waals surface area contributed by atoms with Crippen molar-refractivity contribution in [3.8, 4) is 0 Å². The fourth-order valence-corrected chi connectivity index (χ4v) is 4.71. The summed E-state index contributed by atoms with van der Waals surface area (Å²) in [6.45, 7) is 7.37. The molecule has 29 heavy (non-hydrogen) atoms. The molecule has 2 N–H and O–H groups in total. The van der Waals surface area contributed by atoms with Gasteiger partial charge in [-0.15, -0.1) is 0 Å². The number of amides is 1. The molecule has 160 valence electrons. The lowest BCUT2D eigenvalue weighted by molar-refractivity contribution is -0.120. The quantitative estimate of drug-likeness (QED) is 0.699.